The van der Waals surface area contributed by atoms with Gasteiger partial charge in [-0.3, -0.25) is 0 Å². The lowest BCUT2D eigenvalue weighted by atomic mass is 10.2. The number of morpholine rings is 1. The van der Waals surface area contributed by atoms with Crippen molar-refractivity contribution in [3.05, 3.63) is 35.0 Å². The molecule has 0 saturated carbocycles. The Labute approximate surface area is 210 Å². The molecule has 35 heavy (non-hydrogen) atoms. The van der Waals surface area contributed by atoms with Crippen molar-refractivity contribution in [2.75, 3.05) is 45.4 Å². The molecule has 12 heteroatoms. The number of fused-ring (bicyclic) bond motifs is 2. The van der Waals surface area contributed by atoms with Crippen molar-refractivity contribution in [3.8, 4) is 28.1 Å². The van der Waals surface area contributed by atoms with Crippen LogP contribution in [-0.2, 0) is 11.3 Å². The van der Waals surface area contributed by atoms with Gasteiger partial charge in [0.05, 0.1) is 46.1 Å². The Morgan fingerprint density at radius 2 is 1.97 bits per heavy atom. The molecule has 0 spiro atoms. The minimum atomic E-state index is -1.01. The van der Waals surface area contributed by atoms with Gasteiger partial charge in [0.2, 0.25) is 4.96 Å². The summed E-state index contributed by atoms with van der Waals surface area (Å²) in [6, 6.07) is 5.40. The predicted octanol–water partition coefficient (Wildman–Crippen LogP) is 4.40. The second-order valence-corrected chi connectivity index (χ2v) is 9.95. The molecule has 0 N–H and O–H groups in total. The van der Waals surface area contributed by atoms with Crippen LogP contribution < -0.4 is 19.1 Å². The summed E-state index contributed by atoms with van der Waals surface area (Å²) in [5.41, 5.74) is 1.79. The molecule has 1 aliphatic rings. The molecule has 1 fully saturated rings. The van der Waals surface area contributed by atoms with E-state index in [0.717, 1.165) is 23.1 Å². The standard InChI is InChI=1S/C23H23N5O5S2/c1-13-17(25-21(34-13)27-4-6-31-7-5-27)12-32-18-8-14(29-2)9-19-15(18)10-20(33-19)16-11-28-22(24-16)35-23(26-28)30-3/h8-11H,4-7,12H2,1-3H3/i12D. The molecule has 1 aliphatic heterocycles. The quantitative estimate of drug-likeness (QED) is 0.313. The van der Waals surface area contributed by atoms with Gasteiger partial charge < -0.3 is 28.3 Å². The monoisotopic (exact) mass is 514 g/mol. The zero-order chi connectivity index (χ0) is 24.8. The molecule has 0 aliphatic carbocycles. The van der Waals surface area contributed by atoms with Crippen molar-refractivity contribution in [2.45, 2.75) is 13.5 Å². The number of ether oxygens (including phenoxy) is 4. The Balaban J connectivity index is 1.32. The fourth-order valence-corrected chi connectivity index (χ4v) is 5.45. The van der Waals surface area contributed by atoms with E-state index in [9.17, 15) is 0 Å². The summed E-state index contributed by atoms with van der Waals surface area (Å²) in [7, 11) is 3.15. The van der Waals surface area contributed by atoms with Gasteiger partial charge in [-0.15, -0.1) is 16.4 Å². The summed E-state index contributed by atoms with van der Waals surface area (Å²) in [5, 5.41) is 6.45. The number of aromatic nitrogens is 4. The minimum Gasteiger partial charge on any atom is -0.496 e. The minimum absolute atomic E-state index is 0.473. The highest BCUT2D eigenvalue weighted by Gasteiger charge is 2.20. The van der Waals surface area contributed by atoms with E-state index in [0.29, 0.717) is 63.0 Å². The first kappa shape index (κ1) is 21.0. The molecule has 1 saturated heterocycles. The van der Waals surface area contributed by atoms with E-state index in [1.54, 1.807) is 48.4 Å². The van der Waals surface area contributed by atoms with Gasteiger partial charge >= 0.3 is 0 Å². The van der Waals surface area contributed by atoms with Crippen LogP contribution in [0.15, 0.2) is 28.8 Å². The van der Waals surface area contributed by atoms with Crippen LogP contribution in [0.5, 0.6) is 16.7 Å². The van der Waals surface area contributed by atoms with Gasteiger partial charge in [-0.05, 0) is 24.3 Å². The number of thiazole rings is 1. The molecule has 6 rings (SSSR count). The van der Waals surface area contributed by atoms with E-state index in [2.05, 4.69) is 15.0 Å². The van der Waals surface area contributed by atoms with Crippen molar-refractivity contribution >= 4 is 43.7 Å². The van der Waals surface area contributed by atoms with E-state index in [-0.39, 0.29) is 0 Å². The van der Waals surface area contributed by atoms with Gasteiger partial charge in [-0.1, -0.05) is 0 Å². The Hall–Kier alpha value is -3.35. The lowest BCUT2D eigenvalue weighted by molar-refractivity contribution is 0.122. The van der Waals surface area contributed by atoms with E-state index in [1.165, 1.54) is 11.3 Å². The van der Waals surface area contributed by atoms with E-state index in [4.69, 9.17) is 29.7 Å². The van der Waals surface area contributed by atoms with E-state index in [1.807, 2.05) is 13.0 Å². The fraction of sp³-hybridized carbons (Fsp3) is 0.348. The Morgan fingerprint density at radius 1 is 1.11 bits per heavy atom. The van der Waals surface area contributed by atoms with Gasteiger partial charge in [0.15, 0.2) is 10.9 Å². The molecule has 1 aromatic carbocycles. The van der Waals surface area contributed by atoms with Crippen LogP contribution in [0.2, 0.25) is 0 Å². The highest BCUT2D eigenvalue weighted by atomic mass is 32.1. The molecular weight excluding hydrogens is 490 g/mol. The van der Waals surface area contributed by atoms with E-state index < -0.39 is 6.58 Å². The molecule has 0 bridgehead atoms. The van der Waals surface area contributed by atoms with Gasteiger partial charge in [-0.25, -0.2) is 14.5 Å². The number of methoxy groups -OCH3 is 2. The number of rotatable bonds is 7. The normalized spacial score (nSPS) is 15.5. The van der Waals surface area contributed by atoms with Crippen molar-refractivity contribution in [1.29, 1.82) is 0 Å². The zero-order valence-corrected chi connectivity index (χ0v) is 20.9. The van der Waals surface area contributed by atoms with Crippen LogP contribution in [0.3, 0.4) is 0 Å². The van der Waals surface area contributed by atoms with Crippen molar-refractivity contribution in [3.63, 3.8) is 0 Å². The maximum absolute atomic E-state index is 8.76. The number of nitrogens with zero attached hydrogens (tertiary/aromatic N) is 5. The number of hydrogen-bond acceptors (Lipinski definition) is 11. The number of benzene rings is 1. The SMILES string of the molecule is [2H]C(Oc1cc(OC)cc2oc(-c3cn4nc(OC)sc4n3)cc12)c1nc(N2CCOCC2)sc1C. The van der Waals surface area contributed by atoms with Crippen molar-refractivity contribution in [1.82, 2.24) is 19.6 Å². The molecule has 0 radical (unpaired) electrons. The summed E-state index contributed by atoms with van der Waals surface area (Å²) >= 11 is 2.91. The highest BCUT2D eigenvalue weighted by molar-refractivity contribution is 7.18. The van der Waals surface area contributed by atoms with Crippen LogP contribution in [0, 0.1) is 6.92 Å². The number of aryl methyl sites for hydroxylation is 1. The van der Waals surface area contributed by atoms with Crippen LogP contribution >= 0.6 is 22.7 Å². The summed E-state index contributed by atoms with van der Waals surface area (Å²) < 4.78 is 38.7. The maximum atomic E-state index is 8.76. The molecule has 0 amide bonds. The molecule has 182 valence electrons. The predicted molar refractivity (Wildman–Crippen MR) is 133 cm³/mol. The molecule has 5 aromatic rings. The molecule has 1 unspecified atom stereocenters. The first-order valence-corrected chi connectivity index (χ1v) is 12.6. The summed E-state index contributed by atoms with van der Waals surface area (Å²) in [6.45, 7) is 3.89. The second kappa shape index (κ2) is 9.02. The molecule has 10 nitrogen and oxygen atoms in total. The fourth-order valence-electron chi connectivity index (χ4n) is 3.82. The molecule has 4 aromatic heterocycles. The second-order valence-electron chi connectivity index (χ2n) is 7.85. The van der Waals surface area contributed by atoms with E-state index >= 15 is 0 Å². The summed E-state index contributed by atoms with van der Waals surface area (Å²) in [6.07, 6.45) is 1.78. The van der Waals surface area contributed by atoms with Gasteiger partial charge in [0, 0.05) is 30.1 Å². The molecule has 1 atom stereocenters. The Bertz CT molecular complexity index is 1510. The highest BCUT2D eigenvalue weighted by Crippen LogP contribution is 2.38. The third-order valence-corrected chi connectivity index (χ3v) is 7.59. The third-order valence-electron chi connectivity index (χ3n) is 5.66. The lowest BCUT2D eigenvalue weighted by Crippen LogP contribution is -2.36. The van der Waals surface area contributed by atoms with Gasteiger partial charge in [-0.2, -0.15) is 0 Å². The van der Waals surface area contributed by atoms with Crippen LogP contribution in [0.4, 0.5) is 5.13 Å². The summed E-state index contributed by atoms with van der Waals surface area (Å²) in [4.78, 5) is 13.2. The van der Waals surface area contributed by atoms with Crippen molar-refractivity contribution in [2.24, 2.45) is 0 Å². The molecule has 5 heterocycles. The topological polar surface area (TPSA) is 96.4 Å². The average molecular weight is 515 g/mol. The Morgan fingerprint density at radius 3 is 2.74 bits per heavy atom. The van der Waals surface area contributed by atoms with Crippen LogP contribution in [0.25, 0.3) is 27.4 Å². The van der Waals surface area contributed by atoms with Gasteiger partial charge in [0.25, 0.3) is 5.19 Å². The number of imidazole rings is 1. The maximum Gasteiger partial charge on any atom is 0.294 e. The summed E-state index contributed by atoms with van der Waals surface area (Å²) in [5.74, 6) is 1.59. The van der Waals surface area contributed by atoms with Crippen molar-refractivity contribution < 1.29 is 24.7 Å². The first-order chi connectivity index (χ1) is 17.5. The smallest absolute Gasteiger partial charge is 0.294 e. The first-order valence-electron chi connectivity index (χ1n) is 11.5. The Kier molecular flexibility index (Phi) is 5.41. The lowest BCUT2D eigenvalue weighted by Gasteiger charge is -2.26. The largest absolute Gasteiger partial charge is 0.496 e. The van der Waals surface area contributed by atoms with Crippen LogP contribution in [-0.4, -0.2) is 60.1 Å². The number of furan rings is 1. The zero-order valence-electron chi connectivity index (χ0n) is 20.3. The third kappa shape index (κ3) is 4.17. The van der Waals surface area contributed by atoms with Crippen LogP contribution in [0.1, 0.15) is 11.9 Å². The number of hydrogen-bond donors (Lipinski definition) is 0. The van der Waals surface area contributed by atoms with Gasteiger partial charge in [0.1, 0.15) is 29.4 Å². The molecular formula is C23H23N5O5S2. The average Bonchev–Trinajstić information content (AvgIpc) is 3.65. The number of anilines is 1.